The summed E-state index contributed by atoms with van der Waals surface area (Å²) in [6.07, 6.45) is 6.26. The Kier molecular flexibility index (Phi) is 8.69. The van der Waals surface area contributed by atoms with E-state index in [4.69, 9.17) is 15.2 Å². The largest absolute Gasteiger partial charge is 0.382 e. The Bertz CT molecular complexity index is 251. The molecule has 0 aromatic rings. The molecule has 1 aliphatic carbocycles. The van der Waals surface area contributed by atoms with E-state index in [0.29, 0.717) is 13.2 Å². The minimum atomic E-state index is 0.235. The first-order chi connectivity index (χ1) is 9.68. The highest BCUT2D eigenvalue weighted by Gasteiger charge is 2.37. The zero-order valence-electron chi connectivity index (χ0n) is 13.7. The van der Waals surface area contributed by atoms with E-state index in [1.165, 1.54) is 25.7 Å². The monoisotopic (exact) mass is 286 g/mol. The second-order valence-corrected chi connectivity index (χ2v) is 6.17. The molecule has 1 aliphatic rings. The molecule has 0 amide bonds. The predicted octanol–water partition coefficient (Wildman–Crippen LogP) is 2.27. The van der Waals surface area contributed by atoms with E-state index in [1.807, 2.05) is 0 Å². The van der Waals surface area contributed by atoms with Crippen LogP contribution in [-0.2, 0) is 9.47 Å². The van der Waals surface area contributed by atoms with Gasteiger partial charge in [0.05, 0.1) is 13.2 Å². The third-order valence-electron chi connectivity index (χ3n) is 4.65. The van der Waals surface area contributed by atoms with Crippen LogP contribution in [0.25, 0.3) is 0 Å². The Morgan fingerprint density at radius 1 is 1.30 bits per heavy atom. The number of nitrogens with two attached hydrogens (primary N) is 1. The highest BCUT2D eigenvalue weighted by molar-refractivity contribution is 4.95. The first-order valence-electron chi connectivity index (χ1n) is 8.20. The Morgan fingerprint density at radius 3 is 2.70 bits per heavy atom. The lowest BCUT2D eigenvalue weighted by Gasteiger charge is -2.47. The molecule has 0 aliphatic heterocycles. The van der Waals surface area contributed by atoms with Gasteiger partial charge in [-0.05, 0) is 31.7 Å². The van der Waals surface area contributed by atoms with Crippen molar-refractivity contribution >= 4 is 0 Å². The summed E-state index contributed by atoms with van der Waals surface area (Å²) in [4.78, 5) is 2.60. The summed E-state index contributed by atoms with van der Waals surface area (Å²) in [5, 5.41) is 0. The molecule has 0 bridgehead atoms. The standard InChI is InChI=1S/C16H34N2O2/c1-4-18(9-6-10-20-12-11-19-3)16(14-17)8-5-7-15(2)13-16/h15H,4-14,17H2,1-3H3. The summed E-state index contributed by atoms with van der Waals surface area (Å²) in [6.45, 7) is 9.78. The first-order valence-corrected chi connectivity index (χ1v) is 8.20. The van der Waals surface area contributed by atoms with Crippen molar-refractivity contribution in [3.63, 3.8) is 0 Å². The summed E-state index contributed by atoms with van der Waals surface area (Å²) < 4.78 is 10.5. The quantitative estimate of drug-likeness (QED) is 0.626. The maximum Gasteiger partial charge on any atom is 0.0700 e. The van der Waals surface area contributed by atoms with Gasteiger partial charge < -0.3 is 15.2 Å². The highest BCUT2D eigenvalue weighted by Crippen LogP contribution is 2.36. The van der Waals surface area contributed by atoms with E-state index in [9.17, 15) is 0 Å². The lowest BCUT2D eigenvalue weighted by atomic mass is 9.75. The summed E-state index contributed by atoms with van der Waals surface area (Å²) in [5.41, 5.74) is 6.39. The van der Waals surface area contributed by atoms with Crippen LogP contribution < -0.4 is 5.73 Å². The van der Waals surface area contributed by atoms with Crippen LogP contribution in [0.2, 0.25) is 0 Å². The van der Waals surface area contributed by atoms with E-state index < -0.39 is 0 Å². The Hall–Kier alpha value is -0.160. The third-order valence-corrected chi connectivity index (χ3v) is 4.65. The summed E-state index contributed by atoms with van der Waals surface area (Å²) >= 11 is 0. The van der Waals surface area contributed by atoms with Crippen molar-refractivity contribution in [1.82, 2.24) is 4.90 Å². The Balaban J connectivity index is 2.38. The molecule has 0 aromatic carbocycles. The van der Waals surface area contributed by atoms with Crippen LogP contribution in [0.3, 0.4) is 0 Å². The number of hydrogen-bond acceptors (Lipinski definition) is 4. The van der Waals surface area contributed by atoms with E-state index in [2.05, 4.69) is 18.7 Å². The van der Waals surface area contributed by atoms with Crippen LogP contribution >= 0.6 is 0 Å². The van der Waals surface area contributed by atoms with Gasteiger partial charge in [-0.3, -0.25) is 4.90 Å². The minimum Gasteiger partial charge on any atom is -0.382 e. The molecule has 0 saturated heterocycles. The molecule has 20 heavy (non-hydrogen) atoms. The van der Waals surface area contributed by atoms with E-state index >= 15 is 0 Å². The first kappa shape index (κ1) is 17.9. The van der Waals surface area contributed by atoms with Gasteiger partial charge in [0.15, 0.2) is 0 Å². The normalized spacial score (nSPS) is 27.1. The van der Waals surface area contributed by atoms with Crippen molar-refractivity contribution < 1.29 is 9.47 Å². The number of hydrogen-bond donors (Lipinski definition) is 1. The fourth-order valence-electron chi connectivity index (χ4n) is 3.57. The molecule has 0 radical (unpaired) electrons. The minimum absolute atomic E-state index is 0.235. The molecular formula is C16H34N2O2. The van der Waals surface area contributed by atoms with Gasteiger partial charge in [0, 0.05) is 32.3 Å². The summed E-state index contributed by atoms with van der Waals surface area (Å²) in [7, 11) is 1.71. The van der Waals surface area contributed by atoms with E-state index in [1.54, 1.807) is 7.11 Å². The van der Waals surface area contributed by atoms with Crippen molar-refractivity contribution in [2.45, 2.75) is 51.5 Å². The Labute approximate surface area is 125 Å². The van der Waals surface area contributed by atoms with Crippen molar-refractivity contribution in [2.24, 2.45) is 11.7 Å². The maximum absolute atomic E-state index is 6.16. The van der Waals surface area contributed by atoms with Crippen LogP contribution in [-0.4, -0.2) is 57.0 Å². The second-order valence-electron chi connectivity index (χ2n) is 6.17. The fourth-order valence-corrected chi connectivity index (χ4v) is 3.57. The van der Waals surface area contributed by atoms with E-state index in [-0.39, 0.29) is 5.54 Å². The lowest BCUT2D eigenvalue weighted by Crippen LogP contribution is -2.56. The predicted molar refractivity (Wildman–Crippen MR) is 84.0 cm³/mol. The van der Waals surface area contributed by atoms with E-state index in [0.717, 1.165) is 38.6 Å². The van der Waals surface area contributed by atoms with Crippen LogP contribution in [0.4, 0.5) is 0 Å². The number of likely N-dealkylation sites (N-methyl/N-ethyl adjacent to an activating group) is 1. The molecular weight excluding hydrogens is 252 g/mol. The van der Waals surface area contributed by atoms with Crippen LogP contribution in [0.15, 0.2) is 0 Å². The van der Waals surface area contributed by atoms with Gasteiger partial charge in [0.25, 0.3) is 0 Å². The molecule has 2 unspecified atom stereocenters. The Morgan fingerprint density at radius 2 is 2.10 bits per heavy atom. The van der Waals surface area contributed by atoms with Crippen LogP contribution in [0.5, 0.6) is 0 Å². The third kappa shape index (κ3) is 5.32. The van der Waals surface area contributed by atoms with Gasteiger partial charge in [-0.25, -0.2) is 0 Å². The number of nitrogens with zero attached hydrogens (tertiary/aromatic N) is 1. The molecule has 0 spiro atoms. The van der Waals surface area contributed by atoms with Gasteiger partial charge in [-0.2, -0.15) is 0 Å². The lowest BCUT2D eigenvalue weighted by molar-refractivity contribution is 0.0267. The van der Waals surface area contributed by atoms with Gasteiger partial charge >= 0.3 is 0 Å². The second kappa shape index (κ2) is 9.72. The molecule has 4 nitrogen and oxygen atoms in total. The van der Waals surface area contributed by atoms with Crippen LogP contribution in [0.1, 0.15) is 46.0 Å². The zero-order valence-corrected chi connectivity index (χ0v) is 13.7. The number of methoxy groups -OCH3 is 1. The average molecular weight is 286 g/mol. The maximum atomic E-state index is 6.16. The van der Waals surface area contributed by atoms with Crippen molar-refractivity contribution in [3.8, 4) is 0 Å². The summed E-state index contributed by atoms with van der Waals surface area (Å²) in [6, 6.07) is 0. The van der Waals surface area contributed by atoms with Crippen LogP contribution in [0, 0.1) is 5.92 Å². The number of ether oxygens (including phenoxy) is 2. The van der Waals surface area contributed by atoms with Crippen molar-refractivity contribution in [1.29, 1.82) is 0 Å². The summed E-state index contributed by atoms with van der Waals surface area (Å²) in [5.74, 6) is 0.805. The van der Waals surface area contributed by atoms with Gasteiger partial charge in [0.1, 0.15) is 0 Å². The SMILES string of the molecule is CCN(CCCOCCOC)C1(CN)CCCC(C)C1. The van der Waals surface area contributed by atoms with Gasteiger partial charge in [-0.1, -0.05) is 26.7 Å². The molecule has 0 heterocycles. The fraction of sp³-hybridized carbons (Fsp3) is 1.00. The smallest absolute Gasteiger partial charge is 0.0700 e. The topological polar surface area (TPSA) is 47.7 Å². The highest BCUT2D eigenvalue weighted by atomic mass is 16.5. The molecule has 120 valence electrons. The zero-order chi connectivity index (χ0) is 14.8. The molecule has 1 fully saturated rings. The molecule has 1 saturated carbocycles. The van der Waals surface area contributed by atoms with Gasteiger partial charge in [0.2, 0.25) is 0 Å². The van der Waals surface area contributed by atoms with Crippen molar-refractivity contribution in [3.05, 3.63) is 0 Å². The molecule has 0 aromatic heterocycles. The van der Waals surface area contributed by atoms with Gasteiger partial charge in [-0.15, -0.1) is 0 Å². The molecule has 4 heteroatoms. The van der Waals surface area contributed by atoms with Crippen molar-refractivity contribution in [2.75, 3.05) is 46.6 Å². The number of rotatable bonds is 10. The molecule has 2 N–H and O–H groups in total. The molecule has 2 atom stereocenters. The average Bonchev–Trinajstić information content (AvgIpc) is 2.46. The molecule has 1 rings (SSSR count).